The predicted molar refractivity (Wildman–Crippen MR) is 77.0 cm³/mol. The summed E-state index contributed by atoms with van der Waals surface area (Å²) in [6.07, 6.45) is 2.58. The summed E-state index contributed by atoms with van der Waals surface area (Å²) in [6.45, 7) is 5.89. The first-order valence-electron chi connectivity index (χ1n) is 6.48. The Morgan fingerprint density at radius 1 is 1.40 bits per heavy atom. The Labute approximate surface area is 119 Å². The van der Waals surface area contributed by atoms with Crippen molar-refractivity contribution in [1.82, 2.24) is 0 Å². The quantitative estimate of drug-likeness (QED) is 0.449. The van der Waals surface area contributed by atoms with Crippen molar-refractivity contribution < 1.29 is 19.4 Å². The van der Waals surface area contributed by atoms with E-state index in [1.54, 1.807) is 6.92 Å². The molecule has 108 valence electrons. The van der Waals surface area contributed by atoms with Crippen molar-refractivity contribution in [2.45, 2.75) is 25.7 Å². The first kappa shape index (κ1) is 16.1. The minimum atomic E-state index is -0.885. The van der Waals surface area contributed by atoms with Crippen molar-refractivity contribution >= 4 is 5.97 Å². The Balaban J connectivity index is 2.60. The number of aliphatic hydroxyl groups excluding tert-OH is 1. The highest BCUT2D eigenvalue weighted by atomic mass is 16.5. The van der Waals surface area contributed by atoms with Crippen LogP contribution in [0, 0.1) is 0 Å². The molecule has 0 aliphatic rings. The number of hydrogen-bond acceptors (Lipinski definition) is 4. The van der Waals surface area contributed by atoms with Gasteiger partial charge in [0, 0.05) is 6.08 Å². The van der Waals surface area contributed by atoms with Gasteiger partial charge in [-0.15, -0.1) is 6.58 Å². The van der Waals surface area contributed by atoms with Gasteiger partial charge in [-0.05, 0) is 18.6 Å². The second kappa shape index (κ2) is 9.07. The van der Waals surface area contributed by atoms with Crippen molar-refractivity contribution in [2.24, 2.45) is 0 Å². The molecule has 1 N–H and O–H groups in total. The second-order valence-corrected chi connectivity index (χ2v) is 4.10. The molecular formula is C16H20O4. The number of hydrogen-bond donors (Lipinski definition) is 1. The Morgan fingerprint density at radius 2 is 2.10 bits per heavy atom. The molecule has 0 saturated heterocycles. The number of benzene rings is 1. The van der Waals surface area contributed by atoms with E-state index in [0.29, 0.717) is 13.2 Å². The van der Waals surface area contributed by atoms with E-state index in [1.807, 2.05) is 30.3 Å². The van der Waals surface area contributed by atoms with Crippen LogP contribution in [-0.2, 0) is 20.9 Å². The first-order chi connectivity index (χ1) is 9.67. The Bertz CT molecular complexity index is 439. The number of aliphatic hydroxyl groups is 1. The van der Waals surface area contributed by atoms with Crippen LogP contribution in [-0.4, -0.2) is 29.9 Å². The molecule has 0 aliphatic heterocycles. The zero-order valence-corrected chi connectivity index (χ0v) is 11.6. The zero-order valence-electron chi connectivity index (χ0n) is 11.6. The summed E-state index contributed by atoms with van der Waals surface area (Å²) in [7, 11) is 0. The van der Waals surface area contributed by atoms with Gasteiger partial charge in [0.05, 0.1) is 13.2 Å². The molecular weight excluding hydrogens is 256 g/mol. The van der Waals surface area contributed by atoms with Crippen molar-refractivity contribution in [3.63, 3.8) is 0 Å². The molecule has 0 amide bonds. The molecule has 2 atom stereocenters. The molecule has 0 aromatic heterocycles. The minimum Gasteiger partial charge on any atom is -0.463 e. The van der Waals surface area contributed by atoms with Crippen molar-refractivity contribution in [3.05, 3.63) is 60.7 Å². The Hall–Kier alpha value is -1.91. The van der Waals surface area contributed by atoms with E-state index >= 15 is 0 Å². The lowest BCUT2D eigenvalue weighted by Gasteiger charge is -2.17. The third-order valence-corrected chi connectivity index (χ3v) is 2.57. The van der Waals surface area contributed by atoms with Crippen LogP contribution in [0.4, 0.5) is 0 Å². The summed E-state index contributed by atoms with van der Waals surface area (Å²) in [5.41, 5.74) is 0.985. The van der Waals surface area contributed by atoms with E-state index in [2.05, 4.69) is 6.58 Å². The fourth-order valence-corrected chi connectivity index (χ4v) is 1.53. The molecule has 0 heterocycles. The standard InChI is InChI=1S/C16H20O4/c1-3-14(17)15(10-11-16(18)19-4-2)20-12-13-8-6-5-7-9-13/h3,5-11,14-15,17H,1,4,12H2,2H3/b11-10+/t14-,15-/m0/s1. The van der Waals surface area contributed by atoms with Crippen LogP contribution in [0.3, 0.4) is 0 Å². The molecule has 0 spiro atoms. The van der Waals surface area contributed by atoms with Gasteiger partial charge in [-0.3, -0.25) is 0 Å². The summed E-state index contributed by atoms with van der Waals surface area (Å²) in [5.74, 6) is -0.461. The monoisotopic (exact) mass is 276 g/mol. The largest absolute Gasteiger partial charge is 0.463 e. The predicted octanol–water partition coefficient (Wildman–Crippen LogP) is 2.24. The van der Waals surface area contributed by atoms with E-state index in [9.17, 15) is 9.90 Å². The van der Waals surface area contributed by atoms with E-state index < -0.39 is 18.2 Å². The molecule has 4 nitrogen and oxygen atoms in total. The number of esters is 1. The van der Waals surface area contributed by atoms with Gasteiger partial charge in [-0.2, -0.15) is 0 Å². The molecule has 1 aromatic carbocycles. The molecule has 20 heavy (non-hydrogen) atoms. The molecule has 1 rings (SSSR count). The van der Waals surface area contributed by atoms with Crippen molar-refractivity contribution in [3.8, 4) is 0 Å². The van der Waals surface area contributed by atoms with Gasteiger partial charge < -0.3 is 14.6 Å². The van der Waals surface area contributed by atoms with Crippen LogP contribution in [0.2, 0.25) is 0 Å². The highest BCUT2D eigenvalue weighted by Gasteiger charge is 2.14. The second-order valence-electron chi connectivity index (χ2n) is 4.10. The number of rotatable bonds is 8. The van der Waals surface area contributed by atoms with Crippen LogP contribution in [0.5, 0.6) is 0 Å². The Kier molecular flexibility index (Phi) is 7.32. The lowest BCUT2D eigenvalue weighted by atomic mass is 10.2. The summed E-state index contributed by atoms with van der Waals surface area (Å²) >= 11 is 0. The van der Waals surface area contributed by atoms with Crippen LogP contribution < -0.4 is 0 Å². The van der Waals surface area contributed by atoms with Crippen LogP contribution >= 0.6 is 0 Å². The normalized spacial score (nSPS) is 13.9. The maximum absolute atomic E-state index is 11.3. The maximum atomic E-state index is 11.3. The van der Waals surface area contributed by atoms with Gasteiger partial charge in [0.15, 0.2) is 0 Å². The molecule has 0 unspecified atom stereocenters. The molecule has 0 aliphatic carbocycles. The molecule has 0 fully saturated rings. The third-order valence-electron chi connectivity index (χ3n) is 2.57. The molecule has 0 bridgehead atoms. The summed E-state index contributed by atoms with van der Waals surface area (Å²) in [4.78, 5) is 11.3. The highest BCUT2D eigenvalue weighted by molar-refractivity contribution is 5.81. The SMILES string of the molecule is C=C[C@H](O)[C@H](/C=C/C(=O)OCC)OCc1ccccc1. The summed E-state index contributed by atoms with van der Waals surface area (Å²) in [5, 5.41) is 9.79. The van der Waals surface area contributed by atoms with E-state index in [1.165, 1.54) is 18.2 Å². The summed E-state index contributed by atoms with van der Waals surface area (Å²) in [6, 6.07) is 9.58. The molecule has 1 aromatic rings. The van der Waals surface area contributed by atoms with Crippen LogP contribution in [0.25, 0.3) is 0 Å². The topological polar surface area (TPSA) is 55.8 Å². The highest BCUT2D eigenvalue weighted by Crippen LogP contribution is 2.08. The first-order valence-corrected chi connectivity index (χ1v) is 6.48. The fourth-order valence-electron chi connectivity index (χ4n) is 1.53. The molecule has 0 radical (unpaired) electrons. The van der Waals surface area contributed by atoms with Crippen molar-refractivity contribution in [1.29, 1.82) is 0 Å². The zero-order chi connectivity index (χ0) is 14.8. The molecule has 4 heteroatoms. The van der Waals surface area contributed by atoms with Gasteiger partial charge in [0.25, 0.3) is 0 Å². The van der Waals surface area contributed by atoms with Crippen LogP contribution in [0.1, 0.15) is 12.5 Å². The van der Waals surface area contributed by atoms with Gasteiger partial charge in [-0.25, -0.2) is 4.79 Å². The van der Waals surface area contributed by atoms with Gasteiger partial charge in [0.2, 0.25) is 0 Å². The van der Waals surface area contributed by atoms with Gasteiger partial charge >= 0.3 is 5.97 Å². The average Bonchev–Trinajstić information content (AvgIpc) is 2.48. The van der Waals surface area contributed by atoms with E-state index in [-0.39, 0.29) is 0 Å². The fraction of sp³-hybridized carbons (Fsp3) is 0.312. The van der Waals surface area contributed by atoms with Gasteiger partial charge in [0.1, 0.15) is 12.2 Å². The number of carbonyl (C=O) groups excluding carboxylic acids is 1. The Morgan fingerprint density at radius 3 is 2.70 bits per heavy atom. The number of ether oxygens (including phenoxy) is 2. The van der Waals surface area contributed by atoms with Gasteiger partial charge in [-0.1, -0.05) is 36.4 Å². The lowest BCUT2D eigenvalue weighted by molar-refractivity contribution is -0.137. The smallest absolute Gasteiger partial charge is 0.330 e. The van der Waals surface area contributed by atoms with Crippen molar-refractivity contribution in [2.75, 3.05) is 6.61 Å². The van der Waals surface area contributed by atoms with Crippen LogP contribution in [0.15, 0.2) is 55.1 Å². The minimum absolute atomic E-state index is 0.308. The van der Waals surface area contributed by atoms with E-state index in [0.717, 1.165) is 5.56 Å². The molecule has 0 saturated carbocycles. The van der Waals surface area contributed by atoms with E-state index in [4.69, 9.17) is 9.47 Å². The average molecular weight is 276 g/mol. The lowest BCUT2D eigenvalue weighted by Crippen LogP contribution is -2.25. The third kappa shape index (κ3) is 5.82. The summed E-state index contributed by atoms with van der Waals surface area (Å²) < 4.78 is 10.4. The maximum Gasteiger partial charge on any atom is 0.330 e. The number of carbonyl (C=O) groups is 1.